The summed E-state index contributed by atoms with van der Waals surface area (Å²) >= 11 is 6.99. The van der Waals surface area contributed by atoms with Crippen molar-refractivity contribution in [2.45, 2.75) is 10.7 Å². The number of alkyl halides is 2. The molecule has 4 heteroatoms. The average molecular weight is 400 g/mol. The van der Waals surface area contributed by atoms with Crippen LogP contribution in [0.25, 0.3) is 11.1 Å². The van der Waals surface area contributed by atoms with E-state index in [0.717, 1.165) is 38.8 Å². The molecule has 0 atom stereocenters. The van der Waals surface area contributed by atoms with Crippen molar-refractivity contribution in [2.24, 2.45) is 0 Å². The summed E-state index contributed by atoms with van der Waals surface area (Å²) in [7, 11) is 3.38. The van der Waals surface area contributed by atoms with E-state index in [4.69, 9.17) is 9.47 Å². The van der Waals surface area contributed by atoms with Crippen molar-refractivity contribution in [1.29, 1.82) is 0 Å². The van der Waals surface area contributed by atoms with Crippen molar-refractivity contribution in [3.63, 3.8) is 0 Å². The maximum Gasteiger partial charge on any atom is 0.126 e. The third-order valence-electron chi connectivity index (χ3n) is 3.15. The molecular formula is C16H16Br2O2. The number of ether oxygens (including phenoxy) is 2. The molecule has 0 bridgehead atoms. The zero-order valence-electron chi connectivity index (χ0n) is 11.5. The smallest absolute Gasteiger partial charge is 0.126 e. The predicted octanol–water partition coefficient (Wildman–Crippen LogP) is 5.16. The van der Waals surface area contributed by atoms with Crippen LogP contribution in [0.4, 0.5) is 0 Å². The van der Waals surface area contributed by atoms with Crippen LogP contribution in [0.1, 0.15) is 11.1 Å². The summed E-state index contributed by atoms with van der Waals surface area (Å²) in [6, 6.07) is 12.4. The van der Waals surface area contributed by atoms with Gasteiger partial charge in [-0.1, -0.05) is 44.0 Å². The van der Waals surface area contributed by atoms with Crippen LogP contribution in [-0.4, -0.2) is 14.2 Å². The topological polar surface area (TPSA) is 18.5 Å². The lowest BCUT2D eigenvalue weighted by atomic mass is 10.00. The maximum absolute atomic E-state index is 5.47. The fraction of sp³-hybridized carbons (Fsp3) is 0.250. The van der Waals surface area contributed by atoms with Gasteiger partial charge in [0, 0.05) is 21.8 Å². The highest BCUT2D eigenvalue weighted by molar-refractivity contribution is 9.08. The van der Waals surface area contributed by atoms with Crippen molar-refractivity contribution >= 4 is 31.9 Å². The van der Waals surface area contributed by atoms with Gasteiger partial charge in [-0.2, -0.15) is 0 Å². The standard InChI is InChI=1S/C16H16Br2O2/c1-19-15-6-4-12(8-13(15)10-18)14-7-11(9-17)3-5-16(14)20-2/h3-8H,9-10H2,1-2H3. The van der Waals surface area contributed by atoms with Crippen LogP contribution in [0.5, 0.6) is 11.5 Å². The molecule has 0 heterocycles. The number of hydrogen-bond acceptors (Lipinski definition) is 2. The summed E-state index contributed by atoms with van der Waals surface area (Å²) in [4.78, 5) is 0. The van der Waals surface area contributed by atoms with Gasteiger partial charge in [-0.25, -0.2) is 0 Å². The second kappa shape index (κ2) is 7.14. The molecule has 0 aromatic heterocycles. The molecule has 0 aliphatic rings. The largest absolute Gasteiger partial charge is 0.496 e. The molecule has 0 amide bonds. The Balaban J connectivity index is 2.55. The second-order valence-corrected chi connectivity index (χ2v) is 5.45. The van der Waals surface area contributed by atoms with Crippen molar-refractivity contribution in [3.05, 3.63) is 47.5 Å². The van der Waals surface area contributed by atoms with Crippen LogP contribution < -0.4 is 9.47 Å². The van der Waals surface area contributed by atoms with Crippen LogP contribution in [-0.2, 0) is 10.7 Å². The Morgan fingerprint density at radius 3 is 2.15 bits per heavy atom. The molecule has 2 nitrogen and oxygen atoms in total. The highest BCUT2D eigenvalue weighted by atomic mass is 79.9. The van der Waals surface area contributed by atoms with E-state index in [-0.39, 0.29) is 0 Å². The van der Waals surface area contributed by atoms with Gasteiger partial charge in [0.05, 0.1) is 14.2 Å². The van der Waals surface area contributed by atoms with Gasteiger partial charge >= 0.3 is 0 Å². The monoisotopic (exact) mass is 398 g/mol. The number of rotatable bonds is 5. The summed E-state index contributed by atoms with van der Waals surface area (Å²) in [5, 5.41) is 1.58. The third kappa shape index (κ3) is 3.18. The van der Waals surface area contributed by atoms with E-state index < -0.39 is 0 Å². The molecule has 0 aliphatic heterocycles. The highest BCUT2D eigenvalue weighted by Gasteiger charge is 2.10. The van der Waals surface area contributed by atoms with Gasteiger partial charge in [-0.05, 0) is 35.4 Å². The fourth-order valence-corrected chi connectivity index (χ4v) is 2.90. The molecule has 0 fully saturated rings. The Labute approximate surface area is 136 Å². The van der Waals surface area contributed by atoms with Gasteiger partial charge in [-0.15, -0.1) is 0 Å². The first kappa shape index (κ1) is 15.4. The molecular weight excluding hydrogens is 384 g/mol. The van der Waals surface area contributed by atoms with Crippen molar-refractivity contribution in [2.75, 3.05) is 14.2 Å². The van der Waals surface area contributed by atoms with Crippen LogP contribution in [0.15, 0.2) is 36.4 Å². The van der Waals surface area contributed by atoms with Gasteiger partial charge in [-0.3, -0.25) is 0 Å². The molecule has 0 aliphatic carbocycles. The molecule has 0 unspecified atom stereocenters. The van der Waals surface area contributed by atoms with Gasteiger partial charge < -0.3 is 9.47 Å². The van der Waals surface area contributed by atoms with E-state index in [1.807, 2.05) is 12.1 Å². The van der Waals surface area contributed by atoms with E-state index in [1.54, 1.807) is 14.2 Å². The molecule has 0 saturated heterocycles. The van der Waals surface area contributed by atoms with Gasteiger partial charge in [0.15, 0.2) is 0 Å². The Morgan fingerprint density at radius 2 is 1.55 bits per heavy atom. The molecule has 2 aromatic rings. The van der Waals surface area contributed by atoms with Crippen molar-refractivity contribution < 1.29 is 9.47 Å². The second-order valence-electron chi connectivity index (χ2n) is 4.33. The average Bonchev–Trinajstić information content (AvgIpc) is 2.53. The molecule has 0 spiro atoms. The first-order valence-corrected chi connectivity index (χ1v) is 8.44. The van der Waals surface area contributed by atoms with Crippen molar-refractivity contribution in [1.82, 2.24) is 0 Å². The number of methoxy groups -OCH3 is 2. The van der Waals surface area contributed by atoms with Crippen LogP contribution in [0.2, 0.25) is 0 Å². The van der Waals surface area contributed by atoms with Crippen LogP contribution in [0.3, 0.4) is 0 Å². The quantitative estimate of drug-likeness (QED) is 0.646. The third-order valence-corrected chi connectivity index (χ3v) is 4.41. The number of hydrogen-bond donors (Lipinski definition) is 0. The van der Waals surface area contributed by atoms with Gasteiger partial charge in [0.1, 0.15) is 11.5 Å². The van der Waals surface area contributed by atoms with E-state index in [9.17, 15) is 0 Å². The molecule has 20 heavy (non-hydrogen) atoms. The highest BCUT2D eigenvalue weighted by Crippen LogP contribution is 2.34. The molecule has 2 rings (SSSR count). The minimum absolute atomic E-state index is 0.754. The number of benzene rings is 2. The Hall–Kier alpha value is -1.00. The lowest BCUT2D eigenvalue weighted by Gasteiger charge is -2.13. The first-order valence-electron chi connectivity index (χ1n) is 6.19. The first-order chi connectivity index (χ1) is 9.73. The summed E-state index contributed by atoms with van der Waals surface area (Å²) < 4.78 is 10.8. The summed E-state index contributed by atoms with van der Waals surface area (Å²) in [5.41, 5.74) is 4.56. The Kier molecular flexibility index (Phi) is 5.49. The molecule has 0 saturated carbocycles. The summed E-state index contributed by atoms with van der Waals surface area (Å²) in [5.74, 6) is 1.77. The lowest BCUT2D eigenvalue weighted by molar-refractivity contribution is 0.411. The van der Waals surface area contributed by atoms with Gasteiger partial charge in [0.25, 0.3) is 0 Å². The Bertz CT molecular complexity index is 597. The predicted molar refractivity (Wildman–Crippen MR) is 90.2 cm³/mol. The molecule has 2 aromatic carbocycles. The SMILES string of the molecule is COc1ccc(-c2cc(CBr)ccc2OC)cc1CBr. The zero-order chi connectivity index (χ0) is 14.5. The lowest BCUT2D eigenvalue weighted by Crippen LogP contribution is -1.93. The van der Waals surface area contributed by atoms with E-state index in [1.165, 1.54) is 5.56 Å². The maximum atomic E-state index is 5.47. The summed E-state index contributed by atoms with van der Waals surface area (Å²) in [6.07, 6.45) is 0. The van der Waals surface area contributed by atoms with Crippen LogP contribution in [0, 0.1) is 0 Å². The van der Waals surface area contributed by atoms with Crippen molar-refractivity contribution in [3.8, 4) is 22.6 Å². The van der Waals surface area contributed by atoms with Gasteiger partial charge in [0.2, 0.25) is 0 Å². The van der Waals surface area contributed by atoms with E-state index in [2.05, 4.69) is 56.1 Å². The van der Waals surface area contributed by atoms with E-state index >= 15 is 0 Å². The minimum Gasteiger partial charge on any atom is -0.496 e. The normalized spacial score (nSPS) is 10.4. The number of halogens is 2. The van der Waals surface area contributed by atoms with Crippen LogP contribution >= 0.6 is 31.9 Å². The summed E-state index contributed by atoms with van der Waals surface area (Å²) in [6.45, 7) is 0. The minimum atomic E-state index is 0.754. The Morgan fingerprint density at radius 1 is 0.850 bits per heavy atom. The van der Waals surface area contributed by atoms with E-state index in [0.29, 0.717) is 0 Å². The molecule has 0 N–H and O–H groups in total. The fourth-order valence-electron chi connectivity index (χ4n) is 2.11. The zero-order valence-corrected chi connectivity index (χ0v) is 14.6. The molecule has 106 valence electrons. The molecule has 0 radical (unpaired) electrons.